The first-order chi connectivity index (χ1) is 12.3. The van der Waals surface area contributed by atoms with E-state index in [0.717, 1.165) is 30.6 Å². The fourth-order valence-corrected chi connectivity index (χ4v) is 3.42. The Morgan fingerprint density at radius 3 is 2.81 bits per heavy atom. The molecule has 2 heterocycles. The SMILES string of the molecule is CCOC(=O)C1CCCN(C(=O)/C=C/c2c(C)nn(CC(C)C)c2Cl)C1. The molecule has 1 aliphatic rings. The van der Waals surface area contributed by atoms with Crippen LogP contribution in [-0.2, 0) is 20.9 Å². The second kappa shape index (κ2) is 9.21. The Morgan fingerprint density at radius 1 is 1.42 bits per heavy atom. The predicted octanol–water partition coefficient (Wildman–Crippen LogP) is 3.32. The molecule has 1 aliphatic heterocycles. The molecule has 1 aromatic heterocycles. The quantitative estimate of drug-likeness (QED) is 0.560. The fraction of sp³-hybridized carbons (Fsp3) is 0.632. The van der Waals surface area contributed by atoms with Gasteiger partial charge < -0.3 is 9.64 Å². The lowest BCUT2D eigenvalue weighted by atomic mass is 9.98. The standard InChI is InChI=1S/C19H28ClN3O3/c1-5-26-19(25)15-7-6-10-22(12-15)17(24)9-8-16-14(4)21-23(18(16)20)11-13(2)3/h8-9,13,15H,5-7,10-12H2,1-4H3/b9-8+. The van der Waals surface area contributed by atoms with Gasteiger partial charge in [-0.15, -0.1) is 0 Å². The molecule has 1 fully saturated rings. The molecule has 144 valence electrons. The number of aromatic nitrogens is 2. The van der Waals surface area contributed by atoms with Gasteiger partial charge in [-0.05, 0) is 38.7 Å². The van der Waals surface area contributed by atoms with E-state index in [1.54, 1.807) is 22.6 Å². The van der Waals surface area contributed by atoms with Crippen molar-refractivity contribution in [1.29, 1.82) is 0 Å². The Morgan fingerprint density at radius 2 is 2.15 bits per heavy atom. The van der Waals surface area contributed by atoms with Crippen molar-refractivity contribution in [3.63, 3.8) is 0 Å². The first-order valence-corrected chi connectivity index (χ1v) is 9.57. The molecule has 0 bridgehead atoms. The Hall–Kier alpha value is -1.82. The van der Waals surface area contributed by atoms with Gasteiger partial charge in [-0.2, -0.15) is 5.10 Å². The lowest BCUT2D eigenvalue weighted by Gasteiger charge is -2.30. The number of nitrogens with zero attached hydrogens (tertiary/aromatic N) is 3. The molecule has 0 aromatic carbocycles. The highest BCUT2D eigenvalue weighted by Gasteiger charge is 2.28. The highest BCUT2D eigenvalue weighted by molar-refractivity contribution is 6.31. The second-order valence-corrected chi connectivity index (χ2v) is 7.43. The average molecular weight is 382 g/mol. The summed E-state index contributed by atoms with van der Waals surface area (Å²) in [6.07, 6.45) is 4.80. The van der Waals surface area contributed by atoms with E-state index in [1.807, 2.05) is 6.92 Å². The molecule has 0 spiro atoms. The number of halogens is 1. The number of hydrogen-bond donors (Lipinski definition) is 0. The maximum absolute atomic E-state index is 12.5. The summed E-state index contributed by atoms with van der Waals surface area (Å²) in [4.78, 5) is 26.1. The summed E-state index contributed by atoms with van der Waals surface area (Å²) >= 11 is 6.41. The number of piperidine rings is 1. The average Bonchev–Trinajstić information content (AvgIpc) is 2.86. The first kappa shape index (κ1) is 20.5. The molecule has 1 saturated heterocycles. The zero-order chi connectivity index (χ0) is 19.3. The summed E-state index contributed by atoms with van der Waals surface area (Å²) in [5.41, 5.74) is 1.56. The van der Waals surface area contributed by atoms with E-state index < -0.39 is 0 Å². The van der Waals surface area contributed by atoms with Crippen LogP contribution in [0.25, 0.3) is 6.08 Å². The summed E-state index contributed by atoms with van der Waals surface area (Å²) in [6, 6.07) is 0. The lowest BCUT2D eigenvalue weighted by Crippen LogP contribution is -2.42. The number of rotatable bonds is 6. The maximum Gasteiger partial charge on any atom is 0.310 e. The van der Waals surface area contributed by atoms with Gasteiger partial charge in [0.05, 0.1) is 18.2 Å². The van der Waals surface area contributed by atoms with Crippen molar-refractivity contribution in [1.82, 2.24) is 14.7 Å². The van der Waals surface area contributed by atoms with Crippen molar-refractivity contribution >= 4 is 29.6 Å². The van der Waals surface area contributed by atoms with Crippen LogP contribution in [0.5, 0.6) is 0 Å². The van der Waals surface area contributed by atoms with Gasteiger partial charge in [-0.1, -0.05) is 25.4 Å². The molecule has 6 nitrogen and oxygen atoms in total. The molecule has 1 aromatic rings. The molecular weight excluding hydrogens is 354 g/mol. The van der Waals surface area contributed by atoms with Gasteiger partial charge in [0, 0.05) is 31.3 Å². The van der Waals surface area contributed by atoms with Crippen LogP contribution in [-0.4, -0.2) is 46.3 Å². The van der Waals surface area contributed by atoms with Gasteiger partial charge in [0.15, 0.2) is 0 Å². The molecule has 0 radical (unpaired) electrons. The second-order valence-electron chi connectivity index (χ2n) is 7.07. The highest BCUT2D eigenvalue weighted by Crippen LogP contribution is 2.23. The number of likely N-dealkylation sites (tertiary alicyclic amines) is 1. The van der Waals surface area contributed by atoms with Gasteiger partial charge in [-0.25, -0.2) is 0 Å². The van der Waals surface area contributed by atoms with Crippen molar-refractivity contribution in [3.05, 3.63) is 22.5 Å². The fourth-order valence-electron chi connectivity index (χ4n) is 3.11. The Labute approximate surface area is 160 Å². The molecule has 0 N–H and O–H groups in total. The Bertz CT molecular complexity index is 682. The number of carbonyl (C=O) groups excluding carboxylic acids is 2. The van der Waals surface area contributed by atoms with Gasteiger partial charge >= 0.3 is 5.97 Å². The van der Waals surface area contributed by atoms with Gasteiger partial charge in [0.25, 0.3) is 0 Å². The van der Waals surface area contributed by atoms with Crippen molar-refractivity contribution in [2.45, 2.75) is 47.1 Å². The van der Waals surface area contributed by atoms with Crippen molar-refractivity contribution in [2.75, 3.05) is 19.7 Å². The van der Waals surface area contributed by atoms with Crippen LogP contribution >= 0.6 is 11.6 Å². The van der Waals surface area contributed by atoms with Gasteiger partial charge in [-0.3, -0.25) is 14.3 Å². The van der Waals surface area contributed by atoms with Gasteiger partial charge in [0.2, 0.25) is 5.91 Å². The Balaban J connectivity index is 2.05. The van der Waals surface area contributed by atoms with Crippen LogP contribution in [0.1, 0.15) is 44.9 Å². The van der Waals surface area contributed by atoms with Crippen LogP contribution in [0.15, 0.2) is 6.08 Å². The van der Waals surface area contributed by atoms with Crippen LogP contribution in [0.3, 0.4) is 0 Å². The molecule has 0 saturated carbocycles. The minimum Gasteiger partial charge on any atom is -0.466 e. The van der Waals surface area contributed by atoms with Gasteiger partial charge in [0.1, 0.15) is 5.15 Å². The molecule has 1 amide bonds. The van der Waals surface area contributed by atoms with E-state index in [-0.39, 0.29) is 17.8 Å². The van der Waals surface area contributed by atoms with Crippen LogP contribution < -0.4 is 0 Å². The maximum atomic E-state index is 12.5. The van der Waals surface area contributed by atoms with Crippen LogP contribution in [0, 0.1) is 18.8 Å². The van der Waals surface area contributed by atoms with E-state index in [2.05, 4.69) is 18.9 Å². The molecule has 26 heavy (non-hydrogen) atoms. The molecule has 1 unspecified atom stereocenters. The summed E-state index contributed by atoms with van der Waals surface area (Å²) in [6.45, 7) is 10.0. The zero-order valence-electron chi connectivity index (χ0n) is 16.0. The number of hydrogen-bond acceptors (Lipinski definition) is 4. The number of amides is 1. The summed E-state index contributed by atoms with van der Waals surface area (Å²) in [5, 5.41) is 4.99. The largest absolute Gasteiger partial charge is 0.466 e. The summed E-state index contributed by atoms with van der Waals surface area (Å²) in [7, 11) is 0. The van der Waals surface area contributed by atoms with Crippen molar-refractivity contribution < 1.29 is 14.3 Å². The van der Waals surface area contributed by atoms with Crippen molar-refractivity contribution in [2.24, 2.45) is 11.8 Å². The first-order valence-electron chi connectivity index (χ1n) is 9.20. The number of carbonyl (C=O) groups is 2. The third-order valence-corrected chi connectivity index (χ3v) is 4.79. The molecule has 7 heteroatoms. The van der Waals surface area contributed by atoms with E-state index in [0.29, 0.717) is 30.8 Å². The lowest BCUT2D eigenvalue weighted by molar-refractivity contribution is -0.150. The Kier molecular flexibility index (Phi) is 7.26. The number of aryl methyl sites for hydroxylation is 1. The zero-order valence-corrected chi connectivity index (χ0v) is 16.8. The van der Waals surface area contributed by atoms with E-state index in [1.165, 1.54) is 6.08 Å². The summed E-state index contributed by atoms with van der Waals surface area (Å²) < 4.78 is 6.85. The normalized spacial score (nSPS) is 17.9. The van der Waals surface area contributed by atoms with Crippen LogP contribution in [0.4, 0.5) is 0 Å². The minimum atomic E-state index is -0.236. The van der Waals surface area contributed by atoms with E-state index >= 15 is 0 Å². The third-order valence-electron chi connectivity index (χ3n) is 4.39. The summed E-state index contributed by atoms with van der Waals surface area (Å²) in [5.74, 6) is -0.146. The highest BCUT2D eigenvalue weighted by atomic mass is 35.5. The molecular formula is C19H28ClN3O3. The van der Waals surface area contributed by atoms with Crippen molar-refractivity contribution in [3.8, 4) is 0 Å². The van der Waals surface area contributed by atoms with E-state index in [4.69, 9.17) is 16.3 Å². The predicted molar refractivity (Wildman–Crippen MR) is 102 cm³/mol. The molecule has 2 rings (SSSR count). The minimum absolute atomic E-state index is 0.119. The number of esters is 1. The smallest absolute Gasteiger partial charge is 0.310 e. The topological polar surface area (TPSA) is 64.4 Å². The third kappa shape index (κ3) is 5.10. The van der Waals surface area contributed by atoms with Crippen LogP contribution in [0.2, 0.25) is 5.15 Å². The van der Waals surface area contributed by atoms with E-state index in [9.17, 15) is 9.59 Å². The monoisotopic (exact) mass is 381 g/mol. The number of ether oxygens (including phenoxy) is 1. The molecule has 1 atom stereocenters. The molecule has 0 aliphatic carbocycles.